The minimum atomic E-state index is -1.16. The maximum absolute atomic E-state index is 12.0. The van der Waals surface area contributed by atoms with E-state index in [0.717, 1.165) is 0 Å². The smallest absolute Gasteiger partial charge is 0.200 e. The Balaban J connectivity index is 2.40. The number of nitrogens with zero attached hydrogens (tertiary/aromatic N) is 1. The van der Waals surface area contributed by atoms with Gasteiger partial charge in [0.05, 0.1) is 0 Å². The van der Waals surface area contributed by atoms with Gasteiger partial charge >= 0.3 is 0 Å². The molecule has 2 unspecified atom stereocenters. The highest BCUT2D eigenvalue weighted by Crippen LogP contribution is 2.28. The largest absolute Gasteiger partial charge is 0.298 e. The number of carbonyl (C=O) groups is 3. The second-order valence-electron chi connectivity index (χ2n) is 4.27. The molecule has 1 aromatic heterocycles. The molecule has 0 radical (unpaired) electrons. The van der Waals surface area contributed by atoms with Crippen LogP contribution in [0, 0.1) is 11.8 Å². The first-order valence-electron chi connectivity index (χ1n) is 5.65. The van der Waals surface area contributed by atoms with E-state index in [1.54, 1.807) is 19.1 Å². The number of hydrogen-bond donors (Lipinski definition) is 0. The zero-order chi connectivity index (χ0) is 12.6. The molecule has 1 aliphatic rings. The average molecular weight is 231 g/mol. The van der Waals surface area contributed by atoms with Gasteiger partial charge in [0.1, 0.15) is 11.6 Å². The van der Waals surface area contributed by atoms with Crippen molar-refractivity contribution in [3.05, 3.63) is 29.6 Å². The van der Waals surface area contributed by atoms with Gasteiger partial charge in [-0.05, 0) is 18.6 Å². The van der Waals surface area contributed by atoms with Gasteiger partial charge in [-0.1, -0.05) is 13.8 Å². The Morgan fingerprint density at radius 2 is 2.12 bits per heavy atom. The van der Waals surface area contributed by atoms with Gasteiger partial charge < -0.3 is 0 Å². The molecule has 0 amide bonds. The van der Waals surface area contributed by atoms with Crippen molar-refractivity contribution >= 4 is 17.3 Å². The Morgan fingerprint density at radius 3 is 2.71 bits per heavy atom. The van der Waals surface area contributed by atoms with Gasteiger partial charge in [0.2, 0.25) is 0 Å². The van der Waals surface area contributed by atoms with E-state index < -0.39 is 17.5 Å². The van der Waals surface area contributed by atoms with Crippen molar-refractivity contribution in [1.82, 2.24) is 4.98 Å². The molecule has 88 valence electrons. The van der Waals surface area contributed by atoms with E-state index in [-0.39, 0.29) is 23.0 Å². The van der Waals surface area contributed by atoms with Crippen LogP contribution in [-0.2, 0) is 4.79 Å². The molecule has 4 nitrogen and oxygen atoms in total. The molecule has 2 rings (SSSR count). The normalized spacial score (nSPS) is 20.2. The van der Waals surface area contributed by atoms with Crippen molar-refractivity contribution in [2.75, 3.05) is 0 Å². The van der Waals surface area contributed by atoms with Crippen LogP contribution in [0.2, 0.25) is 0 Å². The monoisotopic (exact) mass is 231 g/mol. The molecule has 0 saturated carbocycles. The molecule has 0 aliphatic heterocycles. The van der Waals surface area contributed by atoms with Gasteiger partial charge in [0.25, 0.3) is 0 Å². The van der Waals surface area contributed by atoms with Crippen LogP contribution in [0.4, 0.5) is 0 Å². The average Bonchev–Trinajstić information content (AvgIpc) is 2.61. The fraction of sp³-hybridized carbons (Fsp3) is 0.385. The van der Waals surface area contributed by atoms with Crippen LogP contribution in [0.15, 0.2) is 18.3 Å². The number of ketones is 3. The van der Waals surface area contributed by atoms with E-state index in [9.17, 15) is 14.4 Å². The summed E-state index contributed by atoms with van der Waals surface area (Å²) in [6.07, 6.45) is 2.08. The maximum Gasteiger partial charge on any atom is 0.200 e. The number of Topliss-reactive ketones (excluding diaryl/α,β-unsaturated/α-hetero) is 3. The number of rotatable bonds is 3. The number of fused-ring (bicyclic) bond motifs is 1. The molecular formula is C13H13NO3. The van der Waals surface area contributed by atoms with E-state index in [4.69, 9.17) is 0 Å². The van der Waals surface area contributed by atoms with Gasteiger partial charge in [-0.15, -0.1) is 0 Å². The van der Waals surface area contributed by atoms with Crippen LogP contribution in [0.1, 0.15) is 41.1 Å². The highest BCUT2D eigenvalue weighted by Gasteiger charge is 2.44. The summed E-state index contributed by atoms with van der Waals surface area (Å²) in [5.74, 6) is -2.57. The zero-order valence-corrected chi connectivity index (χ0v) is 9.77. The van der Waals surface area contributed by atoms with Crippen molar-refractivity contribution in [2.45, 2.75) is 20.3 Å². The molecule has 0 N–H and O–H groups in total. The van der Waals surface area contributed by atoms with Crippen molar-refractivity contribution in [1.29, 1.82) is 0 Å². The van der Waals surface area contributed by atoms with Crippen LogP contribution in [-0.4, -0.2) is 22.3 Å². The Bertz CT molecular complexity index is 472. The molecular weight excluding hydrogens is 218 g/mol. The summed E-state index contributed by atoms with van der Waals surface area (Å²) < 4.78 is 0. The van der Waals surface area contributed by atoms with E-state index in [0.29, 0.717) is 6.42 Å². The number of aromatic nitrogens is 1. The Hall–Kier alpha value is -1.84. The van der Waals surface area contributed by atoms with E-state index in [1.165, 1.54) is 6.20 Å². The first kappa shape index (κ1) is 11.6. The van der Waals surface area contributed by atoms with Gasteiger partial charge in [0.15, 0.2) is 17.3 Å². The van der Waals surface area contributed by atoms with Gasteiger partial charge in [-0.25, -0.2) is 0 Å². The molecule has 0 fully saturated rings. The summed E-state index contributed by atoms with van der Waals surface area (Å²) in [4.78, 5) is 39.8. The topological polar surface area (TPSA) is 64.1 Å². The number of hydrogen-bond acceptors (Lipinski definition) is 4. The molecule has 1 aromatic rings. The molecule has 0 spiro atoms. The highest BCUT2D eigenvalue weighted by atomic mass is 16.2. The van der Waals surface area contributed by atoms with Crippen molar-refractivity contribution < 1.29 is 14.4 Å². The lowest BCUT2D eigenvalue weighted by molar-refractivity contribution is -0.123. The third-order valence-electron chi connectivity index (χ3n) is 3.21. The lowest BCUT2D eigenvalue weighted by Gasteiger charge is -2.10. The first-order chi connectivity index (χ1) is 8.07. The predicted octanol–water partition coefficient (Wildman–Crippen LogP) is 1.69. The third kappa shape index (κ3) is 1.69. The van der Waals surface area contributed by atoms with Crippen LogP contribution in [0.25, 0.3) is 0 Å². The van der Waals surface area contributed by atoms with E-state index in [2.05, 4.69) is 4.98 Å². The van der Waals surface area contributed by atoms with Crippen LogP contribution < -0.4 is 0 Å². The van der Waals surface area contributed by atoms with Crippen molar-refractivity contribution in [2.24, 2.45) is 11.8 Å². The highest BCUT2D eigenvalue weighted by molar-refractivity contribution is 6.35. The summed E-state index contributed by atoms with van der Waals surface area (Å²) in [6, 6.07) is 3.15. The molecule has 0 bridgehead atoms. The maximum atomic E-state index is 12.0. The minimum absolute atomic E-state index is 0.138. The van der Waals surface area contributed by atoms with E-state index in [1.807, 2.05) is 6.92 Å². The Kier molecular flexibility index (Phi) is 2.88. The van der Waals surface area contributed by atoms with Gasteiger partial charge in [-0.2, -0.15) is 0 Å². The van der Waals surface area contributed by atoms with Crippen molar-refractivity contribution in [3.63, 3.8) is 0 Å². The summed E-state index contributed by atoms with van der Waals surface area (Å²) in [5, 5.41) is 0. The fourth-order valence-electron chi connectivity index (χ4n) is 1.96. The fourth-order valence-corrected chi connectivity index (χ4v) is 1.96. The molecule has 0 aromatic carbocycles. The SMILES string of the molecule is CCC(C)C(=O)C1C(=O)c2cccnc2C1=O. The van der Waals surface area contributed by atoms with Crippen LogP contribution in [0.5, 0.6) is 0 Å². The van der Waals surface area contributed by atoms with Crippen LogP contribution in [0.3, 0.4) is 0 Å². The quantitative estimate of drug-likeness (QED) is 0.742. The molecule has 1 aliphatic carbocycles. The second kappa shape index (κ2) is 4.20. The molecule has 17 heavy (non-hydrogen) atoms. The lowest BCUT2D eigenvalue weighted by Crippen LogP contribution is -2.30. The molecule has 1 heterocycles. The zero-order valence-electron chi connectivity index (χ0n) is 9.77. The van der Waals surface area contributed by atoms with Crippen LogP contribution >= 0.6 is 0 Å². The number of pyridine rings is 1. The minimum Gasteiger partial charge on any atom is -0.298 e. The first-order valence-corrected chi connectivity index (χ1v) is 5.65. The van der Waals surface area contributed by atoms with Gasteiger partial charge in [0, 0.05) is 17.7 Å². The molecule has 0 saturated heterocycles. The standard InChI is InChI=1S/C13H13NO3/c1-3-7(2)11(15)9-12(16)8-5-4-6-14-10(8)13(9)17/h4-7,9H,3H2,1-2H3. The summed E-state index contributed by atoms with van der Waals surface area (Å²) in [6.45, 7) is 3.59. The molecule has 2 atom stereocenters. The second-order valence-corrected chi connectivity index (χ2v) is 4.27. The Labute approximate surface area is 99.0 Å². The summed E-state index contributed by atoms with van der Waals surface area (Å²) in [7, 11) is 0. The molecule has 4 heteroatoms. The Morgan fingerprint density at radius 1 is 1.41 bits per heavy atom. The summed E-state index contributed by atoms with van der Waals surface area (Å²) in [5.41, 5.74) is 0.415. The summed E-state index contributed by atoms with van der Waals surface area (Å²) >= 11 is 0. The number of carbonyl (C=O) groups excluding carboxylic acids is 3. The van der Waals surface area contributed by atoms with E-state index >= 15 is 0 Å². The third-order valence-corrected chi connectivity index (χ3v) is 3.21. The predicted molar refractivity (Wildman–Crippen MR) is 60.9 cm³/mol. The van der Waals surface area contributed by atoms with Gasteiger partial charge in [-0.3, -0.25) is 19.4 Å². The van der Waals surface area contributed by atoms with Crippen molar-refractivity contribution in [3.8, 4) is 0 Å². The lowest BCUT2D eigenvalue weighted by atomic mass is 9.89.